The molecule has 1 atom stereocenters. The summed E-state index contributed by atoms with van der Waals surface area (Å²) in [5, 5.41) is 0.957. The summed E-state index contributed by atoms with van der Waals surface area (Å²) in [4.78, 5) is 12.1. The predicted molar refractivity (Wildman–Crippen MR) is 91.1 cm³/mol. The van der Waals surface area contributed by atoms with Gasteiger partial charge in [0.05, 0.1) is 5.02 Å². The first kappa shape index (κ1) is 17.1. The molecule has 0 bridgehead atoms. The van der Waals surface area contributed by atoms with Crippen LogP contribution in [0.4, 0.5) is 0 Å². The molecule has 0 N–H and O–H groups in total. The number of carbonyl (C=O) groups excluding carboxylic acids is 1. The average Bonchev–Trinajstić information content (AvgIpc) is 2.45. The molecule has 3 nitrogen and oxygen atoms in total. The monoisotopic (exact) mass is 402 g/mol. The van der Waals surface area contributed by atoms with Crippen LogP contribution < -0.4 is 9.47 Å². The fourth-order valence-corrected chi connectivity index (χ4v) is 2.90. The van der Waals surface area contributed by atoms with Gasteiger partial charge in [-0.1, -0.05) is 39.1 Å². The molecule has 0 saturated carbocycles. The zero-order valence-corrected chi connectivity index (χ0v) is 15.0. The van der Waals surface area contributed by atoms with E-state index in [2.05, 4.69) is 15.9 Å². The summed E-state index contributed by atoms with van der Waals surface area (Å²) in [7, 11) is 0. The first-order valence-electron chi connectivity index (χ1n) is 6.46. The largest absolute Gasteiger partial charge is 0.479 e. The van der Waals surface area contributed by atoms with Crippen LogP contribution in [0.3, 0.4) is 0 Å². The molecule has 0 aliphatic heterocycles. The van der Waals surface area contributed by atoms with Gasteiger partial charge in [0.25, 0.3) is 0 Å². The highest BCUT2D eigenvalue weighted by atomic mass is 79.9. The molecule has 0 fully saturated rings. The molecule has 2 rings (SSSR count). The number of carbonyl (C=O) groups is 1. The lowest BCUT2D eigenvalue weighted by atomic mass is 10.2. The zero-order valence-electron chi connectivity index (χ0n) is 11.9. The fourth-order valence-electron chi connectivity index (χ4n) is 1.77. The van der Waals surface area contributed by atoms with Crippen molar-refractivity contribution in [1.29, 1.82) is 0 Å². The first-order valence-corrected chi connectivity index (χ1v) is 8.01. The molecule has 0 amide bonds. The van der Waals surface area contributed by atoms with Crippen LogP contribution in [-0.2, 0) is 4.79 Å². The Morgan fingerprint density at radius 2 is 1.82 bits per heavy atom. The maximum absolute atomic E-state index is 12.1. The van der Waals surface area contributed by atoms with Crippen LogP contribution in [0.1, 0.15) is 12.5 Å². The Morgan fingerprint density at radius 3 is 2.41 bits per heavy atom. The molecule has 2 aromatic rings. The third kappa shape index (κ3) is 4.38. The zero-order chi connectivity index (χ0) is 16.3. The standard InChI is InChI=1S/C16H13BrCl2O3/c1-9-7-11(17)8-14(19)15(9)22-16(20)10(2)21-13-5-3-12(18)4-6-13/h3-8,10H,1-2H3/t10-/m1/s1. The summed E-state index contributed by atoms with van der Waals surface area (Å²) >= 11 is 15.2. The van der Waals surface area contributed by atoms with E-state index in [1.807, 2.05) is 13.0 Å². The van der Waals surface area contributed by atoms with Crippen molar-refractivity contribution < 1.29 is 14.3 Å². The fraction of sp³-hybridized carbons (Fsp3) is 0.188. The van der Waals surface area contributed by atoms with E-state index in [-0.39, 0.29) is 0 Å². The Labute approximate surface area is 147 Å². The number of ether oxygens (including phenoxy) is 2. The Kier molecular flexibility index (Phi) is 5.73. The van der Waals surface area contributed by atoms with Crippen LogP contribution >= 0.6 is 39.1 Å². The van der Waals surface area contributed by atoms with Gasteiger partial charge in [0.2, 0.25) is 0 Å². The van der Waals surface area contributed by atoms with Gasteiger partial charge in [0.15, 0.2) is 11.9 Å². The van der Waals surface area contributed by atoms with Crippen molar-refractivity contribution in [2.45, 2.75) is 20.0 Å². The number of hydrogen-bond acceptors (Lipinski definition) is 3. The van der Waals surface area contributed by atoms with Crippen LogP contribution in [0, 0.1) is 6.92 Å². The van der Waals surface area contributed by atoms with Gasteiger partial charge in [-0.2, -0.15) is 0 Å². The Hall–Kier alpha value is -1.23. The second-order valence-corrected chi connectivity index (χ2v) is 6.43. The van der Waals surface area contributed by atoms with Crippen molar-refractivity contribution in [3.8, 4) is 11.5 Å². The van der Waals surface area contributed by atoms with Gasteiger partial charge in [-0.3, -0.25) is 0 Å². The van der Waals surface area contributed by atoms with Crippen LogP contribution in [0.5, 0.6) is 11.5 Å². The normalized spacial score (nSPS) is 11.9. The number of hydrogen-bond donors (Lipinski definition) is 0. The lowest BCUT2D eigenvalue weighted by Crippen LogP contribution is -2.28. The van der Waals surface area contributed by atoms with Gasteiger partial charge < -0.3 is 9.47 Å². The molecule has 0 aromatic heterocycles. The minimum atomic E-state index is -0.778. The van der Waals surface area contributed by atoms with E-state index in [1.165, 1.54) is 0 Å². The van der Waals surface area contributed by atoms with E-state index in [9.17, 15) is 4.79 Å². The summed E-state index contributed by atoms with van der Waals surface area (Å²) in [5.74, 6) is 0.344. The van der Waals surface area contributed by atoms with Crippen molar-refractivity contribution in [2.75, 3.05) is 0 Å². The lowest BCUT2D eigenvalue weighted by Gasteiger charge is -2.15. The summed E-state index contributed by atoms with van der Waals surface area (Å²) in [5.41, 5.74) is 0.756. The Balaban J connectivity index is 2.07. The molecule has 0 heterocycles. The Bertz CT molecular complexity index is 663. The van der Waals surface area contributed by atoms with Gasteiger partial charge in [-0.05, 0) is 55.8 Å². The SMILES string of the molecule is Cc1cc(Br)cc(Cl)c1OC(=O)[C@@H](C)Oc1ccc(Cl)cc1. The van der Waals surface area contributed by atoms with Gasteiger partial charge in [-0.25, -0.2) is 4.79 Å². The lowest BCUT2D eigenvalue weighted by molar-refractivity contribution is -0.141. The summed E-state index contributed by atoms with van der Waals surface area (Å²) < 4.78 is 11.7. The van der Waals surface area contributed by atoms with Crippen LogP contribution in [0.15, 0.2) is 40.9 Å². The molecule has 6 heteroatoms. The molecule has 2 aromatic carbocycles. The highest BCUT2D eigenvalue weighted by Crippen LogP contribution is 2.32. The molecule has 116 valence electrons. The van der Waals surface area contributed by atoms with Crippen LogP contribution in [0.2, 0.25) is 10.0 Å². The third-order valence-corrected chi connectivity index (χ3v) is 3.85. The molecule has 0 aliphatic carbocycles. The molecule has 0 unspecified atom stereocenters. The van der Waals surface area contributed by atoms with E-state index < -0.39 is 12.1 Å². The van der Waals surface area contributed by atoms with Crippen LogP contribution in [0.25, 0.3) is 0 Å². The van der Waals surface area contributed by atoms with E-state index >= 15 is 0 Å². The molecular formula is C16H13BrCl2O3. The summed E-state index contributed by atoms with van der Waals surface area (Å²) in [6.07, 6.45) is -0.778. The maximum atomic E-state index is 12.1. The number of rotatable bonds is 4. The van der Waals surface area contributed by atoms with E-state index in [1.54, 1.807) is 37.3 Å². The molecule has 0 saturated heterocycles. The van der Waals surface area contributed by atoms with Gasteiger partial charge in [-0.15, -0.1) is 0 Å². The third-order valence-electron chi connectivity index (χ3n) is 2.86. The summed E-state index contributed by atoms with van der Waals surface area (Å²) in [6.45, 7) is 3.42. The first-order chi connectivity index (χ1) is 10.4. The highest BCUT2D eigenvalue weighted by molar-refractivity contribution is 9.10. The van der Waals surface area contributed by atoms with E-state index in [4.69, 9.17) is 32.7 Å². The summed E-state index contributed by atoms with van der Waals surface area (Å²) in [6, 6.07) is 10.2. The van der Waals surface area contributed by atoms with Crippen molar-refractivity contribution in [3.05, 3.63) is 56.5 Å². The highest BCUT2D eigenvalue weighted by Gasteiger charge is 2.20. The predicted octanol–water partition coefficient (Wildman–Crippen LogP) is 5.44. The topological polar surface area (TPSA) is 35.5 Å². The van der Waals surface area contributed by atoms with Crippen molar-refractivity contribution in [3.63, 3.8) is 0 Å². The van der Waals surface area contributed by atoms with E-state index in [0.717, 1.165) is 10.0 Å². The molecular weight excluding hydrogens is 391 g/mol. The second-order valence-electron chi connectivity index (χ2n) is 4.67. The van der Waals surface area contributed by atoms with Crippen molar-refractivity contribution in [1.82, 2.24) is 0 Å². The molecule has 0 radical (unpaired) electrons. The van der Waals surface area contributed by atoms with Crippen molar-refractivity contribution >= 4 is 45.1 Å². The maximum Gasteiger partial charge on any atom is 0.352 e. The number of benzene rings is 2. The molecule has 0 aliphatic rings. The van der Waals surface area contributed by atoms with Gasteiger partial charge in [0, 0.05) is 9.50 Å². The smallest absolute Gasteiger partial charge is 0.352 e. The minimum Gasteiger partial charge on any atom is -0.479 e. The number of esters is 1. The minimum absolute atomic E-state index is 0.335. The Morgan fingerprint density at radius 1 is 1.18 bits per heavy atom. The quantitative estimate of drug-likeness (QED) is 0.503. The number of aryl methyl sites for hydroxylation is 1. The second kappa shape index (κ2) is 7.36. The molecule has 22 heavy (non-hydrogen) atoms. The number of halogens is 3. The van der Waals surface area contributed by atoms with Gasteiger partial charge in [0.1, 0.15) is 5.75 Å². The molecule has 0 spiro atoms. The van der Waals surface area contributed by atoms with Crippen molar-refractivity contribution in [2.24, 2.45) is 0 Å². The average molecular weight is 404 g/mol. The van der Waals surface area contributed by atoms with E-state index in [0.29, 0.717) is 21.5 Å². The van der Waals surface area contributed by atoms with Crippen LogP contribution in [-0.4, -0.2) is 12.1 Å². The van der Waals surface area contributed by atoms with Gasteiger partial charge >= 0.3 is 5.97 Å².